The molecule has 0 aliphatic heterocycles. The third-order valence-corrected chi connectivity index (χ3v) is 2.88. The van der Waals surface area contributed by atoms with E-state index in [1.807, 2.05) is 29.8 Å². The number of nitrogens with zero attached hydrogens (tertiary/aromatic N) is 2. The normalized spacial score (nSPS) is 13.2. The van der Waals surface area contributed by atoms with Crippen LogP contribution in [0.2, 0.25) is 5.02 Å². The highest BCUT2D eigenvalue weighted by molar-refractivity contribution is 6.31. The molecule has 0 aliphatic rings. The van der Waals surface area contributed by atoms with Crippen LogP contribution in [0.1, 0.15) is 18.3 Å². The maximum absolute atomic E-state index is 8.87. The van der Waals surface area contributed by atoms with Gasteiger partial charge in [-0.1, -0.05) is 11.6 Å². The Labute approximate surface area is 98.6 Å². The highest BCUT2D eigenvalue weighted by atomic mass is 35.5. The molecule has 4 nitrogen and oxygen atoms in total. The Morgan fingerprint density at radius 3 is 3.00 bits per heavy atom. The van der Waals surface area contributed by atoms with Crippen LogP contribution in [-0.2, 0) is 7.05 Å². The zero-order chi connectivity index (χ0) is 11.7. The summed E-state index contributed by atoms with van der Waals surface area (Å²) in [6.07, 6.45) is 0.505. The number of aryl methyl sites for hydroxylation is 1. The molecule has 0 saturated heterocycles. The predicted octanol–water partition coefficient (Wildman–Crippen LogP) is 1.61. The second-order valence-electron chi connectivity index (χ2n) is 3.78. The van der Waals surface area contributed by atoms with Crippen molar-refractivity contribution in [2.45, 2.75) is 12.5 Å². The number of nitrogens with two attached hydrogens (primary N) is 1. The molecular formula is C11H14ClN3O. The lowest BCUT2D eigenvalue weighted by molar-refractivity contribution is 0.274. The lowest BCUT2D eigenvalue weighted by Crippen LogP contribution is -2.16. The fourth-order valence-corrected chi connectivity index (χ4v) is 1.96. The van der Waals surface area contributed by atoms with Gasteiger partial charge in [0.05, 0.1) is 17.1 Å². The van der Waals surface area contributed by atoms with Crippen LogP contribution in [0.4, 0.5) is 0 Å². The molecule has 2 rings (SSSR count). The van der Waals surface area contributed by atoms with E-state index in [2.05, 4.69) is 4.98 Å². The second kappa shape index (κ2) is 4.41. The third kappa shape index (κ3) is 1.91. The van der Waals surface area contributed by atoms with Crippen molar-refractivity contribution < 1.29 is 5.11 Å². The number of rotatable bonds is 3. The van der Waals surface area contributed by atoms with Gasteiger partial charge in [-0.25, -0.2) is 4.98 Å². The fourth-order valence-electron chi connectivity index (χ4n) is 1.79. The summed E-state index contributed by atoms with van der Waals surface area (Å²) in [5.74, 6) is 0.770. The minimum Gasteiger partial charge on any atom is -0.396 e. The monoisotopic (exact) mass is 239 g/mol. The molecule has 0 saturated carbocycles. The van der Waals surface area contributed by atoms with Crippen LogP contribution in [0.3, 0.4) is 0 Å². The van der Waals surface area contributed by atoms with Crippen molar-refractivity contribution >= 4 is 22.6 Å². The van der Waals surface area contributed by atoms with Gasteiger partial charge in [0, 0.05) is 18.7 Å². The summed E-state index contributed by atoms with van der Waals surface area (Å²) in [6.45, 7) is 0.0606. The van der Waals surface area contributed by atoms with Crippen LogP contribution in [0.25, 0.3) is 11.0 Å². The topological polar surface area (TPSA) is 64.1 Å². The summed E-state index contributed by atoms with van der Waals surface area (Å²) in [5.41, 5.74) is 7.76. The van der Waals surface area contributed by atoms with E-state index in [9.17, 15) is 0 Å². The lowest BCUT2D eigenvalue weighted by atomic mass is 10.2. The third-order valence-electron chi connectivity index (χ3n) is 2.65. The van der Waals surface area contributed by atoms with Crippen molar-refractivity contribution in [1.82, 2.24) is 9.55 Å². The van der Waals surface area contributed by atoms with Crippen LogP contribution >= 0.6 is 11.6 Å². The molecule has 1 heterocycles. The van der Waals surface area contributed by atoms with Gasteiger partial charge in [-0.3, -0.25) is 0 Å². The highest BCUT2D eigenvalue weighted by Gasteiger charge is 2.14. The van der Waals surface area contributed by atoms with Gasteiger partial charge in [-0.15, -0.1) is 0 Å². The molecule has 1 atom stereocenters. The molecule has 0 bridgehead atoms. The van der Waals surface area contributed by atoms with Gasteiger partial charge in [0.25, 0.3) is 0 Å². The van der Waals surface area contributed by atoms with E-state index in [0.717, 1.165) is 16.9 Å². The van der Waals surface area contributed by atoms with Crippen molar-refractivity contribution in [3.8, 4) is 0 Å². The van der Waals surface area contributed by atoms with Crippen molar-refractivity contribution in [2.24, 2.45) is 12.8 Å². The SMILES string of the molecule is Cn1c(C(N)CCO)nc2cc(Cl)ccc21. The predicted molar refractivity (Wildman–Crippen MR) is 64.4 cm³/mol. The molecular weight excluding hydrogens is 226 g/mol. The van der Waals surface area contributed by atoms with Crippen molar-refractivity contribution in [2.75, 3.05) is 6.61 Å². The Morgan fingerprint density at radius 2 is 2.31 bits per heavy atom. The molecule has 1 unspecified atom stereocenters. The molecule has 0 radical (unpaired) electrons. The van der Waals surface area contributed by atoms with Gasteiger partial charge < -0.3 is 15.4 Å². The van der Waals surface area contributed by atoms with E-state index >= 15 is 0 Å². The first-order valence-corrected chi connectivity index (χ1v) is 5.49. The Bertz CT molecular complexity index is 509. The van der Waals surface area contributed by atoms with Gasteiger partial charge in [0.1, 0.15) is 5.82 Å². The van der Waals surface area contributed by atoms with E-state index in [4.69, 9.17) is 22.4 Å². The van der Waals surface area contributed by atoms with Gasteiger partial charge in [-0.05, 0) is 24.6 Å². The molecule has 0 amide bonds. The highest BCUT2D eigenvalue weighted by Crippen LogP contribution is 2.22. The molecule has 0 aliphatic carbocycles. The number of benzene rings is 1. The standard InChI is InChI=1S/C11H14ClN3O/c1-15-10-3-2-7(12)6-9(10)14-11(15)8(13)4-5-16/h2-3,6,8,16H,4-5,13H2,1H3. The quantitative estimate of drug-likeness (QED) is 0.855. The van der Waals surface area contributed by atoms with Crippen LogP contribution in [0.15, 0.2) is 18.2 Å². The molecule has 16 heavy (non-hydrogen) atoms. The zero-order valence-corrected chi connectivity index (χ0v) is 9.78. The molecule has 2 aromatic rings. The fraction of sp³-hybridized carbons (Fsp3) is 0.364. The molecule has 1 aromatic heterocycles. The minimum atomic E-state index is -0.249. The maximum atomic E-state index is 8.87. The van der Waals surface area contributed by atoms with Crippen molar-refractivity contribution in [1.29, 1.82) is 0 Å². The van der Waals surface area contributed by atoms with Crippen LogP contribution < -0.4 is 5.73 Å². The summed E-state index contributed by atoms with van der Waals surface area (Å²) in [6, 6.07) is 5.31. The molecule has 3 N–H and O–H groups in total. The average Bonchev–Trinajstić information content (AvgIpc) is 2.56. The zero-order valence-electron chi connectivity index (χ0n) is 9.02. The van der Waals surface area contributed by atoms with Crippen LogP contribution in [0, 0.1) is 0 Å². The van der Waals surface area contributed by atoms with E-state index in [0.29, 0.717) is 11.4 Å². The largest absolute Gasteiger partial charge is 0.396 e. The summed E-state index contributed by atoms with van der Waals surface area (Å²) < 4.78 is 1.94. The average molecular weight is 240 g/mol. The van der Waals surface area contributed by atoms with Crippen molar-refractivity contribution in [3.63, 3.8) is 0 Å². The first-order chi connectivity index (χ1) is 7.63. The van der Waals surface area contributed by atoms with E-state index < -0.39 is 0 Å². The van der Waals surface area contributed by atoms with E-state index in [-0.39, 0.29) is 12.6 Å². The molecule has 0 spiro atoms. The van der Waals surface area contributed by atoms with Crippen molar-refractivity contribution in [3.05, 3.63) is 29.0 Å². The first-order valence-electron chi connectivity index (χ1n) is 5.12. The summed E-state index contributed by atoms with van der Waals surface area (Å²) >= 11 is 5.90. The van der Waals surface area contributed by atoms with Crippen LogP contribution in [-0.4, -0.2) is 21.3 Å². The Kier molecular flexibility index (Phi) is 3.14. The van der Waals surface area contributed by atoms with E-state index in [1.54, 1.807) is 0 Å². The number of hydrogen-bond acceptors (Lipinski definition) is 3. The first kappa shape index (κ1) is 11.4. The molecule has 0 fully saturated rings. The molecule has 1 aromatic carbocycles. The lowest BCUT2D eigenvalue weighted by Gasteiger charge is -2.09. The van der Waals surface area contributed by atoms with Crippen LogP contribution in [0.5, 0.6) is 0 Å². The summed E-state index contributed by atoms with van der Waals surface area (Å²) in [4.78, 5) is 4.43. The summed E-state index contributed by atoms with van der Waals surface area (Å²) in [5, 5.41) is 9.53. The minimum absolute atomic E-state index is 0.0606. The second-order valence-corrected chi connectivity index (χ2v) is 4.22. The smallest absolute Gasteiger partial charge is 0.126 e. The molecule has 86 valence electrons. The maximum Gasteiger partial charge on any atom is 0.126 e. The van der Waals surface area contributed by atoms with Gasteiger partial charge in [-0.2, -0.15) is 0 Å². The number of hydrogen-bond donors (Lipinski definition) is 2. The Balaban J connectivity index is 2.51. The number of halogens is 1. The number of fused-ring (bicyclic) bond motifs is 1. The van der Waals surface area contributed by atoms with Gasteiger partial charge in [0.15, 0.2) is 0 Å². The Hall–Kier alpha value is -1.10. The Morgan fingerprint density at radius 1 is 1.56 bits per heavy atom. The summed E-state index contributed by atoms with van der Waals surface area (Å²) in [7, 11) is 1.91. The van der Waals surface area contributed by atoms with E-state index in [1.165, 1.54) is 0 Å². The number of aliphatic hydroxyl groups is 1. The number of aliphatic hydroxyl groups excluding tert-OH is 1. The van der Waals surface area contributed by atoms with Gasteiger partial charge >= 0.3 is 0 Å². The number of aromatic nitrogens is 2. The molecule has 5 heteroatoms. The number of imidazole rings is 1. The van der Waals surface area contributed by atoms with Gasteiger partial charge in [0.2, 0.25) is 0 Å².